The molecule has 0 saturated carbocycles. The SMILES string of the molecule is O=C(NCCc1ccccc1)c1ccc(CSc2cn[nH]n2)cc1. The first-order chi connectivity index (χ1) is 11.8. The Morgan fingerprint density at radius 3 is 2.54 bits per heavy atom. The van der Waals surface area contributed by atoms with E-state index in [2.05, 4.69) is 32.9 Å². The minimum atomic E-state index is -0.0402. The lowest BCUT2D eigenvalue weighted by atomic mass is 10.1. The Labute approximate surface area is 144 Å². The minimum Gasteiger partial charge on any atom is -0.352 e. The van der Waals surface area contributed by atoms with Crippen molar-refractivity contribution < 1.29 is 4.79 Å². The number of rotatable bonds is 7. The number of aromatic amines is 1. The Morgan fingerprint density at radius 1 is 1.04 bits per heavy atom. The van der Waals surface area contributed by atoms with Gasteiger partial charge in [-0.25, -0.2) is 0 Å². The summed E-state index contributed by atoms with van der Waals surface area (Å²) in [7, 11) is 0. The molecule has 2 aromatic carbocycles. The molecule has 3 rings (SSSR count). The van der Waals surface area contributed by atoms with E-state index in [0.29, 0.717) is 12.1 Å². The number of carbonyl (C=O) groups is 1. The molecular formula is C18H18N4OS. The normalized spacial score (nSPS) is 10.5. The largest absolute Gasteiger partial charge is 0.352 e. The third-order valence-electron chi connectivity index (χ3n) is 3.54. The van der Waals surface area contributed by atoms with E-state index >= 15 is 0 Å². The monoisotopic (exact) mass is 338 g/mol. The summed E-state index contributed by atoms with van der Waals surface area (Å²) in [6.07, 6.45) is 2.53. The molecular weight excluding hydrogens is 320 g/mol. The number of aromatic nitrogens is 3. The summed E-state index contributed by atoms with van der Waals surface area (Å²) in [6.45, 7) is 0.632. The molecule has 6 heteroatoms. The highest BCUT2D eigenvalue weighted by Crippen LogP contribution is 2.19. The highest BCUT2D eigenvalue weighted by atomic mass is 32.2. The average Bonchev–Trinajstić information content (AvgIpc) is 3.15. The number of nitrogens with zero attached hydrogens (tertiary/aromatic N) is 2. The van der Waals surface area contributed by atoms with Gasteiger partial charge >= 0.3 is 0 Å². The number of hydrogen-bond acceptors (Lipinski definition) is 4. The highest BCUT2D eigenvalue weighted by Gasteiger charge is 2.05. The molecule has 0 fully saturated rings. The fourth-order valence-electron chi connectivity index (χ4n) is 2.24. The molecule has 3 aromatic rings. The molecule has 0 unspecified atom stereocenters. The van der Waals surface area contributed by atoms with Gasteiger partial charge in [-0.15, -0.1) is 5.10 Å². The van der Waals surface area contributed by atoms with Crippen LogP contribution in [0, 0.1) is 0 Å². The number of thioether (sulfide) groups is 1. The fraction of sp³-hybridized carbons (Fsp3) is 0.167. The lowest BCUT2D eigenvalue weighted by molar-refractivity contribution is 0.0954. The van der Waals surface area contributed by atoms with Crippen molar-refractivity contribution in [3.05, 3.63) is 77.5 Å². The van der Waals surface area contributed by atoms with E-state index < -0.39 is 0 Å². The van der Waals surface area contributed by atoms with Crippen molar-refractivity contribution in [2.24, 2.45) is 0 Å². The molecule has 0 aliphatic carbocycles. The van der Waals surface area contributed by atoms with Crippen LogP contribution in [0.2, 0.25) is 0 Å². The smallest absolute Gasteiger partial charge is 0.251 e. The fourth-order valence-corrected chi connectivity index (χ4v) is 2.98. The molecule has 0 radical (unpaired) electrons. The molecule has 1 amide bonds. The van der Waals surface area contributed by atoms with Gasteiger partial charge in [0, 0.05) is 17.9 Å². The van der Waals surface area contributed by atoms with Gasteiger partial charge in [0.2, 0.25) is 0 Å². The van der Waals surface area contributed by atoms with E-state index in [9.17, 15) is 4.79 Å². The topological polar surface area (TPSA) is 70.7 Å². The van der Waals surface area contributed by atoms with Crippen LogP contribution in [-0.4, -0.2) is 27.9 Å². The molecule has 0 saturated heterocycles. The Kier molecular flexibility index (Phi) is 5.63. The van der Waals surface area contributed by atoms with E-state index in [0.717, 1.165) is 22.8 Å². The van der Waals surface area contributed by atoms with Crippen molar-refractivity contribution in [1.29, 1.82) is 0 Å². The number of H-pyrrole nitrogens is 1. The van der Waals surface area contributed by atoms with Gasteiger partial charge in [-0.2, -0.15) is 10.3 Å². The van der Waals surface area contributed by atoms with Crippen LogP contribution in [0.3, 0.4) is 0 Å². The van der Waals surface area contributed by atoms with Crippen LogP contribution in [0.1, 0.15) is 21.5 Å². The van der Waals surface area contributed by atoms with Crippen molar-refractivity contribution >= 4 is 17.7 Å². The second kappa shape index (κ2) is 8.31. The van der Waals surface area contributed by atoms with Gasteiger partial charge in [-0.05, 0) is 29.7 Å². The Bertz CT molecular complexity index is 757. The molecule has 0 aliphatic rings. The average molecular weight is 338 g/mol. The van der Waals surface area contributed by atoms with Gasteiger partial charge < -0.3 is 5.32 Å². The van der Waals surface area contributed by atoms with Crippen molar-refractivity contribution in [3.8, 4) is 0 Å². The molecule has 0 atom stereocenters. The van der Waals surface area contributed by atoms with Crippen LogP contribution in [0.15, 0.2) is 65.8 Å². The van der Waals surface area contributed by atoms with Crippen LogP contribution >= 0.6 is 11.8 Å². The molecule has 2 N–H and O–H groups in total. The van der Waals surface area contributed by atoms with E-state index in [-0.39, 0.29) is 5.91 Å². The third-order valence-corrected chi connectivity index (χ3v) is 4.51. The quantitative estimate of drug-likeness (QED) is 0.650. The van der Waals surface area contributed by atoms with Crippen LogP contribution in [0.25, 0.3) is 0 Å². The summed E-state index contributed by atoms with van der Waals surface area (Å²) in [5, 5.41) is 14.2. The number of amides is 1. The van der Waals surface area contributed by atoms with Crippen LogP contribution in [0.5, 0.6) is 0 Å². The van der Waals surface area contributed by atoms with Gasteiger partial charge in [0.15, 0.2) is 0 Å². The van der Waals surface area contributed by atoms with Gasteiger partial charge in [-0.3, -0.25) is 4.79 Å². The lowest BCUT2D eigenvalue weighted by Gasteiger charge is -2.06. The summed E-state index contributed by atoms with van der Waals surface area (Å²) >= 11 is 1.60. The first-order valence-corrected chi connectivity index (χ1v) is 8.69. The molecule has 0 aliphatic heterocycles. The Morgan fingerprint density at radius 2 is 1.83 bits per heavy atom. The maximum absolute atomic E-state index is 12.2. The summed E-state index contributed by atoms with van der Waals surface area (Å²) in [5.41, 5.74) is 3.04. The standard InChI is InChI=1S/C18H18N4OS/c23-18(19-11-10-14-4-2-1-3-5-14)16-8-6-15(7-9-16)13-24-17-12-20-22-21-17/h1-9,12H,10-11,13H2,(H,19,23)(H,20,21,22). The number of benzene rings is 2. The van der Waals surface area contributed by atoms with Gasteiger partial charge in [-0.1, -0.05) is 54.2 Å². The highest BCUT2D eigenvalue weighted by molar-refractivity contribution is 7.98. The number of nitrogens with one attached hydrogen (secondary N) is 2. The van der Waals surface area contributed by atoms with Crippen molar-refractivity contribution in [3.63, 3.8) is 0 Å². The zero-order chi connectivity index (χ0) is 16.6. The number of carbonyl (C=O) groups excluding carboxylic acids is 1. The van der Waals surface area contributed by atoms with Crippen molar-refractivity contribution in [2.45, 2.75) is 17.2 Å². The van der Waals surface area contributed by atoms with Gasteiger partial charge in [0.25, 0.3) is 5.91 Å². The van der Waals surface area contributed by atoms with Crippen LogP contribution in [0.4, 0.5) is 0 Å². The maximum Gasteiger partial charge on any atom is 0.251 e. The first kappa shape index (κ1) is 16.3. The molecule has 24 heavy (non-hydrogen) atoms. The van der Waals surface area contributed by atoms with E-state index in [1.165, 1.54) is 5.56 Å². The predicted molar refractivity (Wildman–Crippen MR) is 94.9 cm³/mol. The zero-order valence-corrected chi connectivity index (χ0v) is 13.9. The summed E-state index contributed by atoms with van der Waals surface area (Å²) in [4.78, 5) is 12.2. The van der Waals surface area contributed by atoms with E-state index in [1.54, 1.807) is 18.0 Å². The maximum atomic E-state index is 12.2. The molecule has 1 aromatic heterocycles. The Hall–Kier alpha value is -2.60. The number of hydrogen-bond donors (Lipinski definition) is 2. The Balaban J connectivity index is 1.46. The molecule has 1 heterocycles. The van der Waals surface area contributed by atoms with Gasteiger partial charge in [0.1, 0.15) is 5.03 Å². The predicted octanol–water partition coefficient (Wildman–Crippen LogP) is 3.07. The minimum absolute atomic E-state index is 0.0402. The molecule has 0 spiro atoms. The first-order valence-electron chi connectivity index (χ1n) is 7.71. The van der Waals surface area contributed by atoms with Gasteiger partial charge in [0.05, 0.1) is 6.20 Å². The van der Waals surface area contributed by atoms with Crippen LogP contribution < -0.4 is 5.32 Å². The van der Waals surface area contributed by atoms with Crippen molar-refractivity contribution in [2.75, 3.05) is 6.54 Å². The van der Waals surface area contributed by atoms with E-state index in [1.807, 2.05) is 42.5 Å². The lowest BCUT2D eigenvalue weighted by Crippen LogP contribution is -2.25. The molecule has 0 bridgehead atoms. The van der Waals surface area contributed by atoms with Crippen LogP contribution in [-0.2, 0) is 12.2 Å². The second-order valence-electron chi connectivity index (χ2n) is 5.29. The summed E-state index contributed by atoms with van der Waals surface area (Å²) in [5.74, 6) is 0.754. The second-order valence-corrected chi connectivity index (χ2v) is 6.28. The molecule has 122 valence electrons. The third kappa shape index (κ3) is 4.70. The summed E-state index contributed by atoms with van der Waals surface area (Å²) < 4.78 is 0. The van der Waals surface area contributed by atoms with Crippen molar-refractivity contribution in [1.82, 2.24) is 20.7 Å². The molecule has 5 nitrogen and oxygen atoms in total. The zero-order valence-electron chi connectivity index (χ0n) is 13.1. The summed E-state index contributed by atoms with van der Waals surface area (Å²) in [6, 6.07) is 17.8. The van der Waals surface area contributed by atoms with E-state index in [4.69, 9.17) is 0 Å².